The summed E-state index contributed by atoms with van der Waals surface area (Å²) in [7, 11) is 0. The topological polar surface area (TPSA) is 55.1 Å². The standard InChI is InChI=1S/C37H76N2O/c1-4-5-6-7-8-9-10-11-12-13-17-20-23-26-29-32-36(39-37(40)34-38)33-30-27-24-21-18-15-14-16-19-22-25-28-31-35(2)3/h35-36H,4-34,38H2,1-3H3,(H,39,40). The molecule has 3 N–H and O–H groups in total. The first kappa shape index (κ1) is 39.4. The molecule has 1 atom stereocenters. The predicted octanol–water partition coefficient (Wildman–Crippen LogP) is 11.8. The van der Waals surface area contributed by atoms with Crippen LogP contribution in [-0.2, 0) is 4.79 Å². The summed E-state index contributed by atoms with van der Waals surface area (Å²) in [5.41, 5.74) is 5.58. The Morgan fingerprint density at radius 2 is 0.750 bits per heavy atom. The van der Waals surface area contributed by atoms with Crippen molar-refractivity contribution < 1.29 is 4.79 Å². The molecule has 0 fully saturated rings. The quantitative estimate of drug-likeness (QED) is 0.0779. The largest absolute Gasteiger partial charge is 0.352 e. The molecule has 40 heavy (non-hydrogen) atoms. The fourth-order valence-electron chi connectivity index (χ4n) is 6.05. The average molecular weight is 565 g/mol. The summed E-state index contributed by atoms with van der Waals surface area (Å²) in [6, 6.07) is 0.332. The summed E-state index contributed by atoms with van der Waals surface area (Å²) in [6.07, 6.45) is 41.3. The van der Waals surface area contributed by atoms with Crippen molar-refractivity contribution in [2.24, 2.45) is 11.7 Å². The molecule has 0 spiro atoms. The minimum absolute atomic E-state index is 0.0193. The van der Waals surface area contributed by atoms with Crippen LogP contribution >= 0.6 is 0 Å². The lowest BCUT2D eigenvalue weighted by atomic mass is 9.99. The summed E-state index contributed by atoms with van der Waals surface area (Å²) in [6.45, 7) is 7.08. The lowest BCUT2D eigenvalue weighted by molar-refractivity contribution is -0.120. The van der Waals surface area contributed by atoms with Gasteiger partial charge in [-0.25, -0.2) is 0 Å². The first-order chi connectivity index (χ1) is 19.6. The highest BCUT2D eigenvalue weighted by atomic mass is 16.1. The summed E-state index contributed by atoms with van der Waals surface area (Å²) < 4.78 is 0. The minimum atomic E-state index is 0.0193. The van der Waals surface area contributed by atoms with Crippen molar-refractivity contribution in [3.8, 4) is 0 Å². The van der Waals surface area contributed by atoms with E-state index in [4.69, 9.17) is 5.73 Å². The SMILES string of the molecule is CCCCCCCCCCCCCCCCCC(CCCCCCCCCCCCCCC(C)C)NC(=O)CN. The van der Waals surface area contributed by atoms with E-state index < -0.39 is 0 Å². The molecule has 1 amide bonds. The van der Waals surface area contributed by atoms with Gasteiger partial charge in [-0.15, -0.1) is 0 Å². The number of amides is 1. The second kappa shape index (κ2) is 32.9. The Morgan fingerprint density at radius 1 is 0.475 bits per heavy atom. The molecule has 0 saturated heterocycles. The van der Waals surface area contributed by atoms with Crippen LogP contribution in [0, 0.1) is 5.92 Å². The van der Waals surface area contributed by atoms with Crippen molar-refractivity contribution in [3.63, 3.8) is 0 Å². The molecule has 0 aliphatic heterocycles. The monoisotopic (exact) mass is 565 g/mol. The van der Waals surface area contributed by atoms with E-state index in [9.17, 15) is 4.79 Å². The third kappa shape index (κ3) is 32.0. The zero-order valence-electron chi connectivity index (χ0n) is 28.1. The van der Waals surface area contributed by atoms with Gasteiger partial charge in [0, 0.05) is 6.04 Å². The molecule has 0 heterocycles. The van der Waals surface area contributed by atoms with Gasteiger partial charge in [-0.05, 0) is 18.8 Å². The lowest BCUT2D eigenvalue weighted by Gasteiger charge is -2.18. The fourth-order valence-corrected chi connectivity index (χ4v) is 6.05. The molecule has 3 nitrogen and oxygen atoms in total. The van der Waals surface area contributed by atoms with E-state index in [-0.39, 0.29) is 12.5 Å². The summed E-state index contributed by atoms with van der Waals surface area (Å²) in [5, 5.41) is 3.20. The number of rotatable bonds is 33. The third-order valence-electron chi connectivity index (χ3n) is 8.79. The van der Waals surface area contributed by atoms with Crippen molar-refractivity contribution >= 4 is 5.91 Å². The number of hydrogen-bond acceptors (Lipinski definition) is 2. The van der Waals surface area contributed by atoms with Crippen molar-refractivity contribution in [2.45, 2.75) is 219 Å². The number of carbonyl (C=O) groups is 1. The van der Waals surface area contributed by atoms with Gasteiger partial charge < -0.3 is 11.1 Å². The van der Waals surface area contributed by atoms with Crippen LogP contribution in [0.5, 0.6) is 0 Å². The second-order valence-corrected chi connectivity index (χ2v) is 13.4. The molecular formula is C37H76N2O. The van der Waals surface area contributed by atoms with E-state index in [2.05, 4.69) is 26.1 Å². The Hall–Kier alpha value is -0.570. The van der Waals surface area contributed by atoms with E-state index in [1.807, 2.05) is 0 Å². The predicted molar refractivity (Wildman–Crippen MR) is 180 cm³/mol. The van der Waals surface area contributed by atoms with E-state index in [1.165, 1.54) is 180 Å². The van der Waals surface area contributed by atoms with Crippen LogP contribution in [0.25, 0.3) is 0 Å². The van der Waals surface area contributed by atoms with Gasteiger partial charge in [0.15, 0.2) is 0 Å². The first-order valence-corrected chi connectivity index (χ1v) is 18.6. The average Bonchev–Trinajstić information content (AvgIpc) is 2.94. The Morgan fingerprint density at radius 3 is 1.02 bits per heavy atom. The van der Waals surface area contributed by atoms with Crippen molar-refractivity contribution in [1.82, 2.24) is 5.32 Å². The molecular weight excluding hydrogens is 488 g/mol. The normalized spacial score (nSPS) is 12.3. The molecule has 0 aliphatic rings. The van der Waals surface area contributed by atoms with Gasteiger partial charge in [-0.3, -0.25) is 4.79 Å². The minimum Gasteiger partial charge on any atom is -0.352 e. The van der Waals surface area contributed by atoms with Crippen molar-refractivity contribution in [3.05, 3.63) is 0 Å². The van der Waals surface area contributed by atoms with Gasteiger partial charge in [-0.1, -0.05) is 201 Å². The summed E-state index contributed by atoms with van der Waals surface area (Å²) in [5.74, 6) is 0.889. The smallest absolute Gasteiger partial charge is 0.233 e. The molecule has 0 saturated carbocycles. The highest BCUT2D eigenvalue weighted by Gasteiger charge is 2.11. The van der Waals surface area contributed by atoms with E-state index in [1.54, 1.807) is 0 Å². The zero-order valence-corrected chi connectivity index (χ0v) is 28.1. The number of hydrogen-bond donors (Lipinski definition) is 2. The van der Waals surface area contributed by atoms with Crippen LogP contribution in [0.2, 0.25) is 0 Å². The van der Waals surface area contributed by atoms with E-state index in [0.29, 0.717) is 6.04 Å². The van der Waals surface area contributed by atoms with Crippen LogP contribution in [0.15, 0.2) is 0 Å². The molecule has 0 rings (SSSR count). The van der Waals surface area contributed by atoms with Gasteiger partial charge in [0.05, 0.1) is 6.54 Å². The molecule has 0 aromatic carbocycles. The van der Waals surface area contributed by atoms with Crippen LogP contribution in [-0.4, -0.2) is 18.5 Å². The van der Waals surface area contributed by atoms with Gasteiger partial charge in [0.25, 0.3) is 0 Å². The summed E-state index contributed by atoms with van der Waals surface area (Å²) in [4.78, 5) is 11.9. The Balaban J connectivity index is 3.59. The molecule has 0 bridgehead atoms. The molecule has 1 unspecified atom stereocenters. The molecule has 0 aliphatic carbocycles. The Labute approximate surface area is 253 Å². The van der Waals surface area contributed by atoms with Gasteiger partial charge in [0.2, 0.25) is 5.91 Å². The Kier molecular flexibility index (Phi) is 32.5. The van der Waals surface area contributed by atoms with Gasteiger partial charge in [-0.2, -0.15) is 0 Å². The second-order valence-electron chi connectivity index (χ2n) is 13.4. The maximum absolute atomic E-state index is 11.9. The lowest BCUT2D eigenvalue weighted by Crippen LogP contribution is -2.38. The van der Waals surface area contributed by atoms with Crippen LogP contribution in [0.4, 0.5) is 0 Å². The number of carbonyl (C=O) groups excluding carboxylic acids is 1. The molecule has 0 radical (unpaired) electrons. The van der Waals surface area contributed by atoms with Crippen LogP contribution < -0.4 is 11.1 Å². The number of unbranched alkanes of at least 4 members (excludes halogenated alkanes) is 25. The molecule has 3 heteroatoms. The van der Waals surface area contributed by atoms with Crippen molar-refractivity contribution in [1.29, 1.82) is 0 Å². The number of nitrogens with one attached hydrogen (secondary N) is 1. The van der Waals surface area contributed by atoms with Crippen molar-refractivity contribution in [2.75, 3.05) is 6.54 Å². The maximum atomic E-state index is 11.9. The van der Waals surface area contributed by atoms with Crippen LogP contribution in [0.3, 0.4) is 0 Å². The molecule has 0 aromatic heterocycles. The zero-order chi connectivity index (χ0) is 29.4. The number of nitrogens with two attached hydrogens (primary N) is 1. The maximum Gasteiger partial charge on any atom is 0.233 e. The summed E-state index contributed by atoms with van der Waals surface area (Å²) >= 11 is 0. The van der Waals surface area contributed by atoms with Gasteiger partial charge >= 0.3 is 0 Å². The van der Waals surface area contributed by atoms with E-state index in [0.717, 1.165) is 18.8 Å². The molecule has 0 aromatic rings. The van der Waals surface area contributed by atoms with Gasteiger partial charge in [0.1, 0.15) is 0 Å². The highest BCUT2D eigenvalue weighted by molar-refractivity contribution is 5.78. The first-order valence-electron chi connectivity index (χ1n) is 18.6. The van der Waals surface area contributed by atoms with E-state index >= 15 is 0 Å². The third-order valence-corrected chi connectivity index (χ3v) is 8.79. The highest BCUT2D eigenvalue weighted by Crippen LogP contribution is 2.17. The molecule has 240 valence electrons. The van der Waals surface area contributed by atoms with Crippen LogP contribution in [0.1, 0.15) is 213 Å². The Bertz CT molecular complexity index is 493. The fraction of sp³-hybridized carbons (Fsp3) is 0.973.